The number of benzene rings is 1. The molecule has 1 amide bonds. The van der Waals surface area contributed by atoms with E-state index >= 15 is 0 Å². The van der Waals surface area contributed by atoms with Gasteiger partial charge in [0, 0.05) is 13.1 Å². The Morgan fingerprint density at radius 2 is 2.08 bits per heavy atom. The third-order valence-electron chi connectivity index (χ3n) is 3.96. The summed E-state index contributed by atoms with van der Waals surface area (Å²) in [5, 5.41) is 4.30. The minimum Gasteiger partial charge on any atom is -0.444 e. The maximum atomic E-state index is 12.4. The van der Waals surface area contributed by atoms with Crippen molar-refractivity contribution in [2.45, 2.75) is 45.3 Å². The van der Waals surface area contributed by atoms with Gasteiger partial charge in [0.15, 0.2) is 0 Å². The van der Waals surface area contributed by atoms with E-state index in [0.29, 0.717) is 40.2 Å². The van der Waals surface area contributed by atoms with Gasteiger partial charge in [-0.05, 0) is 39.7 Å². The third kappa shape index (κ3) is 4.10. The number of hydrogen-bond donors (Lipinski definition) is 1. The lowest BCUT2D eigenvalue weighted by atomic mass is 10.2. The Bertz CT molecular complexity index is 772. The number of fused-ring (bicyclic) bond motifs is 1. The zero-order valence-electron chi connectivity index (χ0n) is 14.3. The molecule has 136 valence electrons. The number of hydrogen-bond acceptors (Lipinski definition) is 5. The van der Waals surface area contributed by atoms with Crippen LogP contribution in [0.25, 0.3) is 0 Å². The first kappa shape index (κ1) is 18.5. The Balaban J connectivity index is 1.71. The van der Waals surface area contributed by atoms with E-state index in [1.165, 1.54) is 0 Å². The molecular weight excluding hydrogens is 383 g/mol. The summed E-state index contributed by atoms with van der Waals surface area (Å²) in [6.45, 7) is 6.87. The van der Waals surface area contributed by atoms with Gasteiger partial charge in [-0.2, -0.15) is 8.73 Å². The van der Waals surface area contributed by atoms with Gasteiger partial charge in [0.05, 0.1) is 33.1 Å². The van der Waals surface area contributed by atoms with Gasteiger partial charge in [0.2, 0.25) is 0 Å². The van der Waals surface area contributed by atoms with Gasteiger partial charge in [-0.1, -0.05) is 23.2 Å². The zero-order chi connectivity index (χ0) is 18.2. The molecule has 2 heterocycles. The Labute approximate surface area is 160 Å². The quantitative estimate of drug-likeness (QED) is 0.733. The summed E-state index contributed by atoms with van der Waals surface area (Å²) in [5.41, 5.74) is 1.49. The molecule has 1 aromatic rings. The van der Waals surface area contributed by atoms with E-state index in [9.17, 15) is 4.79 Å². The average Bonchev–Trinajstić information content (AvgIpc) is 3.13. The van der Waals surface area contributed by atoms with Gasteiger partial charge >= 0.3 is 6.09 Å². The van der Waals surface area contributed by atoms with Crippen LogP contribution >= 0.6 is 23.2 Å². The number of amides is 1. The summed E-state index contributed by atoms with van der Waals surface area (Å²) in [7, 11) is 0. The van der Waals surface area contributed by atoms with Crippen LogP contribution in [0.4, 0.5) is 21.9 Å². The topological polar surface area (TPSA) is 66.3 Å². The molecule has 0 spiro atoms. The number of carbonyl (C=O) groups is 1. The molecule has 1 atom stereocenters. The third-order valence-corrected chi connectivity index (χ3v) is 5.08. The van der Waals surface area contributed by atoms with E-state index in [1.807, 2.05) is 20.8 Å². The molecule has 2 aliphatic rings. The molecule has 2 aliphatic heterocycles. The lowest BCUT2D eigenvalue weighted by molar-refractivity contribution is 0.0235. The van der Waals surface area contributed by atoms with Crippen molar-refractivity contribution in [3.8, 4) is 0 Å². The highest BCUT2D eigenvalue weighted by Gasteiger charge is 2.32. The molecule has 0 saturated carbocycles. The van der Waals surface area contributed by atoms with Crippen LogP contribution in [0.1, 0.15) is 33.6 Å². The van der Waals surface area contributed by atoms with Crippen molar-refractivity contribution in [3.05, 3.63) is 16.1 Å². The van der Waals surface area contributed by atoms with Gasteiger partial charge in [-0.25, -0.2) is 4.79 Å². The van der Waals surface area contributed by atoms with Gasteiger partial charge < -0.3 is 15.0 Å². The number of nitrogens with one attached hydrogen (secondary N) is 1. The smallest absolute Gasteiger partial charge is 0.410 e. The van der Waals surface area contributed by atoms with E-state index in [4.69, 9.17) is 27.9 Å². The molecule has 1 unspecified atom stereocenters. The van der Waals surface area contributed by atoms with E-state index in [1.54, 1.807) is 11.0 Å². The monoisotopic (exact) mass is 402 g/mol. The second kappa shape index (κ2) is 7.13. The Hall–Kier alpha value is -1.31. The van der Waals surface area contributed by atoms with Gasteiger partial charge in [-0.3, -0.25) is 0 Å². The number of nitrogens with zero attached hydrogens (tertiary/aromatic N) is 3. The van der Waals surface area contributed by atoms with Crippen LogP contribution in [0, 0.1) is 0 Å². The molecule has 0 radical (unpaired) electrons. The van der Waals surface area contributed by atoms with E-state index in [-0.39, 0.29) is 12.1 Å². The summed E-state index contributed by atoms with van der Waals surface area (Å²) in [4.78, 5) is 14.2. The summed E-state index contributed by atoms with van der Waals surface area (Å²) >= 11 is 13.6. The summed E-state index contributed by atoms with van der Waals surface area (Å²) in [5.74, 6) is 0. The van der Waals surface area contributed by atoms with E-state index < -0.39 is 5.60 Å². The standard InChI is InChI=1S/C16H20Cl2N4O2S/c1-16(2,3)24-15(23)22-6-4-5-9(22)8-19-12-10(17)7-11(18)13-14(12)21-25-20-13/h7,9,19H,4-6,8H2,1-3H3. The second-order valence-corrected chi connectivity index (χ2v) is 8.37. The minimum atomic E-state index is -0.504. The van der Waals surface area contributed by atoms with Crippen LogP contribution in [0.15, 0.2) is 14.8 Å². The van der Waals surface area contributed by atoms with Gasteiger partial charge in [0.25, 0.3) is 0 Å². The van der Waals surface area contributed by atoms with Crippen LogP contribution in [-0.4, -0.2) is 35.7 Å². The SMILES string of the molecule is CC(C)(C)OC(=O)N1CCCC1CNc1c(Cl)cc(Cl)c2c1N=S=N2. The molecule has 1 N–H and O–H groups in total. The predicted molar refractivity (Wildman–Crippen MR) is 102 cm³/mol. The first-order valence-electron chi connectivity index (χ1n) is 8.10. The fraction of sp³-hybridized carbons (Fsp3) is 0.562. The summed E-state index contributed by atoms with van der Waals surface area (Å²) < 4.78 is 14.0. The van der Waals surface area contributed by atoms with Gasteiger partial charge in [-0.15, -0.1) is 0 Å². The van der Waals surface area contributed by atoms with Crippen LogP contribution in [0.2, 0.25) is 10.0 Å². The molecule has 1 aromatic carbocycles. The fourth-order valence-electron chi connectivity index (χ4n) is 2.87. The molecule has 1 fully saturated rings. The number of carbonyl (C=O) groups excluding carboxylic acids is 1. The predicted octanol–water partition coefficient (Wildman–Crippen LogP) is 5.53. The van der Waals surface area contributed by atoms with Crippen molar-refractivity contribution >= 4 is 57.7 Å². The van der Waals surface area contributed by atoms with Crippen molar-refractivity contribution in [1.82, 2.24) is 4.90 Å². The highest BCUT2D eigenvalue weighted by atomic mass is 35.5. The minimum absolute atomic E-state index is 0.0447. The molecule has 0 aliphatic carbocycles. The van der Waals surface area contributed by atoms with Crippen molar-refractivity contribution in [2.24, 2.45) is 8.73 Å². The summed E-state index contributed by atoms with van der Waals surface area (Å²) in [6, 6.07) is 1.71. The van der Waals surface area contributed by atoms with Crippen molar-refractivity contribution < 1.29 is 9.53 Å². The largest absolute Gasteiger partial charge is 0.444 e. The first-order valence-corrected chi connectivity index (χ1v) is 9.58. The Kier molecular flexibility index (Phi) is 5.27. The zero-order valence-corrected chi connectivity index (χ0v) is 16.6. The van der Waals surface area contributed by atoms with Crippen LogP contribution in [0.3, 0.4) is 0 Å². The molecule has 3 rings (SSSR count). The fourth-order valence-corrected chi connectivity index (χ4v) is 4.05. The highest BCUT2D eigenvalue weighted by molar-refractivity contribution is 7.58. The highest BCUT2D eigenvalue weighted by Crippen LogP contribution is 2.47. The number of halogens is 2. The molecular formula is C16H20Cl2N4O2S. The Morgan fingerprint density at radius 3 is 2.80 bits per heavy atom. The van der Waals surface area contributed by atoms with Crippen LogP contribution in [-0.2, 0) is 16.1 Å². The van der Waals surface area contributed by atoms with Crippen LogP contribution < -0.4 is 5.32 Å². The number of rotatable bonds is 3. The molecule has 9 heteroatoms. The molecule has 25 heavy (non-hydrogen) atoms. The number of ether oxygens (including phenoxy) is 1. The van der Waals surface area contributed by atoms with Crippen molar-refractivity contribution in [2.75, 3.05) is 18.4 Å². The normalized spacial score (nSPS) is 18.9. The molecule has 6 nitrogen and oxygen atoms in total. The maximum Gasteiger partial charge on any atom is 0.410 e. The maximum absolute atomic E-state index is 12.4. The van der Waals surface area contributed by atoms with Crippen LogP contribution in [0.5, 0.6) is 0 Å². The van der Waals surface area contributed by atoms with E-state index in [2.05, 4.69) is 14.0 Å². The number of likely N-dealkylation sites (tertiary alicyclic amines) is 1. The first-order chi connectivity index (χ1) is 11.8. The molecule has 0 aromatic heterocycles. The second-order valence-electron chi connectivity index (χ2n) is 7.03. The van der Waals surface area contributed by atoms with Crippen molar-refractivity contribution in [3.63, 3.8) is 0 Å². The molecule has 0 bridgehead atoms. The Morgan fingerprint density at radius 1 is 1.36 bits per heavy atom. The van der Waals surface area contributed by atoms with Gasteiger partial charge in [0.1, 0.15) is 17.0 Å². The van der Waals surface area contributed by atoms with Crippen molar-refractivity contribution in [1.29, 1.82) is 0 Å². The lowest BCUT2D eigenvalue weighted by Crippen LogP contribution is -2.42. The number of anilines is 1. The summed E-state index contributed by atoms with van der Waals surface area (Å²) in [6.07, 6.45) is 1.59. The van der Waals surface area contributed by atoms with E-state index in [0.717, 1.165) is 24.2 Å². The molecule has 1 saturated heterocycles. The average molecular weight is 403 g/mol. The lowest BCUT2D eigenvalue weighted by Gasteiger charge is -2.29.